The molecule has 0 saturated carbocycles. The quantitative estimate of drug-likeness (QED) is 0.546. The van der Waals surface area contributed by atoms with Crippen LogP contribution in [0.5, 0.6) is 5.75 Å². The molecule has 0 aliphatic carbocycles. The lowest BCUT2D eigenvalue weighted by molar-refractivity contribution is -0.124. The van der Waals surface area contributed by atoms with E-state index >= 15 is 0 Å². The van der Waals surface area contributed by atoms with Crippen LogP contribution in [-0.2, 0) is 9.59 Å². The Morgan fingerprint density at radius 2 is 1.71 bits per heavy atom. The summed E-state index contributed by atoms with van der Waals surface area (Å²) in [4.78, 5) is 49.9. The molecular weight excluding hydrogens is 278 g/mol. The fraction of sp³-hybridized carbons (Fsp3) is 0.231. The number of hydrogen-bond acceptors (Lipinski definition) is 5. The molecule has 8 nitrogen and oxygen atoms in total. The standard InChI is InChI=1S/C13H13N3O5/c1-6(17)3-11(18)14-9-4-7-8(5-10(9)21-2)16-13(20)12(19)15-7/h4-5H,3H2,1-2H3,(H,14,18)(H,15,19)(H,16,20). The lowest BCUT2D eigenvalue weighted by Crippen LogP contribution is -2.29. The molecule has 0 aliphatic rings. The van der Waals surface area contributed by atoms with Gasteiger partial charge in [-0.25, -0.2) is 0 Å². The topological polar surface area (TPSA) is 121 Å². The first kappa shape index (κ1) is 14.5. The maximum Gasteiger partial charge on any atom is 0.314 e. The van der Waals surface area contributed by atoms with Crippen LogP contribution in [0.3, 0.4) is 0 Å². The number of anilines is 1. The summed E-state index contributed by atoms with van der Waals surface area (Å²) in [6.07, 6.45) is -0.261. The molecule has 0 atom stereocenters. The van der Waals surface area contributed by atoms with Crippen molar-refractivity contribution in [1.82, 2.24) is 9.97 Å². The van der Waals surface area contributed by atoms with Crippen molar-refractivity contribution in [3.63, 3.8) is 0 Å². The van der Waals surface area contributed by atoms with E-state index in [1.807, 2.05) is 0 Å². The normalized spacial score (nSPS) is 10.4. The second-order valence-electron chi connectivity index (χ2n) is 4.43. The molecule has 0 bridgehead atoms. The highest BCUT2D eigenvalue weighted by Crippen LogP contribution is 2.27. The van der Waals surface area contributed by atoms with Crippen LogP contribution >= 0.6 is 0 Å². The number of amides is 1. The van der Waals surface area contributed by atoms with E-state index < -0.39 is 17.0 Å². The number of ketones is 1. The predicted octanol–water partition coefficient (Wildman–Crippen LogP) is 0.143. The average Bonchev–Trinajstić information content (AvgIpc) is 2.39. The Hall–Kier alpha value is -2.90. The van der Waals surface area contributed by atoms with E-state index in [2.05, 4.69) is 15.3 Å². The number of H-pyrrole nitrogens is 2. The van der Waals surface area contributed by atoms with Gasteiger partial charge in [0.25, 0.3) is 0 Å². The smallest absolute Gasteiger partial charge is 0.314 e. The Morgan fingerprint density at radius 3 is 2.24 bits per heavy atom. The van der Waals surface area contributed by atoms with E-state index in [1.165, 1.54) is 26.2 Å². The highest BCUT2D eigenvalue weighted by molar-refractivity contribution is 6.04. The Morgan fingerprint density at radius 1 is 1.14 bits per heavy atom. The van der Waals surface area contributed by atoms with Crippen molar-refractivity contribution in [2.45, 2.75) is 13.3 Å². The van der Waals surface area contributed by atoms with Crippen LogP contribution in [0.1, 0.15) is 13.3 Å². The highest BCUT2D eigenvalue weighted by Gasteiger charge is 2.12. The summed E-state index contributed by atoms with van der Waals surface area (Å²) in [5.74, 6) is -0.473. The first-order valence-corrected chi connectivity index (χ1v) is 6.04. The van der Waals surface area contributed by atoms with Crippen molar-refractivity contribution in [3.05, 3.63) is 32.8 Å². The summed E-state index contributed by atoms with van der Waals surface area (Å²) < 4.78 is 5.12. The SMILES string of the molecule is COc1cc2[nH]c(=O)c(=O)[nH]c2cc1NC(=O)CC(C)=O. The monoisotopic (exact) mass is 291 g/mol. The summed E-state index contributed by atoms with van der Waals surface area (Å²) in [6, 6.07) is 2.92. The van der Waals surface area contributed by atoms with Gasteiger partial charge < -0.3 is 20.0 Å². The number of hydrogen-bond donors (Lipinski definition) is 3. The number of carbonyl (C=O) groups excluding carboxylic acids is 2. The number of carbonyl (C=O) groups is 2. The minimum atomic E-state index is -0.798. The third kappa shape index (κ3) is 3.16. The molecule has 2 rings (SSSR count). The summed E-state index contributed by atoms with van der Waals surface area (Å²) in [6.45, 7) is 1.30. The zero-order valence-corrected chi connectivity index (χ0v) is 11.4. The molecule has 0 fully saturated rings. The zero-order chi connectivity index (χ0) is 15.6. The lowest BCUT2D eigenvalue weighted by atomic mass is 10.2. The van der Waals surface area contributed by atoms with Crippen molar-refractivity contribution < 1.29 is 14.3 Å². The van der Waals surface area contributed by atoms with E-state index in [0.29, 0.717) is 22.5 Å². The first-order chi connectivity index (χ1) is 9.90. The van der Waals surface area contributed by atoms with Gasteiger partial charge in [-0.05, 0) is 13.0 Å². The molecule has 2 aromatic rings. The van der Waals surface area contributed by atoms with Crippen molar-refractivity contribution >= 4 is 28.4 Å². The van der Waals surface area contributed by atoms with Gasteiger partial charge in [-0.3, -0.25) is 19.2 Å². The van der Waals surface area contributed by atoms with Crippen LogP contribution < -0.4 is 21.2 Å². The second kappa shape index (κ2) is 5.61. The fourth-order valence-electron chi connectivity index (χ4n) is 1.83. The number of ether oxygens (including phenoxy) is 1. The van der Waals surface area contributed by atoms with Crippen LogP contribution in [0, 0.1) is 0 Å². The van der Waals surface area contributed by atoms with E-state index in [-0.39, 0.29) is 12.2 Å². The van der Waals surface area contributed by atoms with Gasteiger partial charge in [-0.2, -0.15) is 0 Å². The molecular formula is C13H13N3O5. The molecule has 0 unspecified atom stereocenters. The highest BCUT2D eigenvalue weighted by atomic mass is 16.5. The molecule has 3 N–H and O–H groups in total. The van der Waals surface area contributed by atoms with Crippen LogP contribution in [0.2, 0.25) is 0 Å². The maximum absolute atomic E-state index is 11.6. The molecule has 0 radical (unpaired) electrons. The van der Waals surface area contributed by atoms with Crippen molar-refractivity contribution in [3.8, 4) is 5.75 Å². The van der Waals surface area contributed by atoms with E-state index in [1.54, 1.807) is 0 Å². The summed E-state index contributed by atoms with van der Waals surface area (Å²) >= 11 is 0. The predicted molar refractivity (Wildman–Crippen MR) is 75.7 cm³/mol. The van der Waals surface area contributed by atoms with E-state index in [0.717, 1.165) is 0 Å². The summed E-state index contributed by atoms with van der Waals surface area (Å²) in [5.41, 5.74) is -0.593. The van der Waals surface area contributed by atoms with Gasteiger partial charge in [-0.15, -0.1) is 0 Å². The number of methoxy groups -OCH3 is 1. The maximum atomic E-state index is 11.6. The zero-order valence-electron chi connectivity index (χ0n) is 11.4. The number of rotatable bonds is 4. The third-order valence-corrected chi connectivity index (χ3v) is 2.73. The van der Waals surface area contributed by atoms with Gasteiger partial charge in [-0.1, -0.05) is 0 Å². The molecule has 0 saturated heterocycles. The molecule has 110 valence electrons. The Bertz CT molecular complexity index is 834. The lowest BCUT2D eigenvalue weighted by Gasteiger charge is -2.11. The van der Waals surface area contributed by atoms with Crippen LogP contribution in [0.15, 0.2) is 21.7 Å². The van der Waals surface area contributed by atoms with Crippen molar-refractivity contribution in [2.24, 2.45) is 0 Å². The molecule has 8 heteroatoms. The molecule has 1 heterocycles. The Labute approximate surface area is 118 Å². The molecule has 21 heavy (non-hydrogen) atoms. The van der Waals surface area contributed by atoms with E-state index in [4.69, 9.17) is 4.74 Å². The van der Waals surface area contributed by atoms with Crippen LogP contribution in [0.25, 0.3) is 11.0 Å². The second-order valence-corrected chi connectivity index (χ2v) is 4.43. The van der Waals surface area contributed by atoms with Gasteiger partial charge in [0, 0.05) is 6.07 Å². The van der Waals surface area contributed by atoms with Gasteiger partial charge in [0.1, 0.15) is 11.5 Å². The molecule has 1 amide bonds. The molecule has 1 aromatic heterocycles. The third-order valence-electron chi connectivity index (χ3n) is 2.73. The number of Topliss-reactive ketones (excluding diaryl/α,β-unsaturated/α-hetero) is 1. The summed E-state index contributed by atoms with van der Waals surface area (Å²) in [5, 5.41) is 2.52. The van der Waals surface area contributed by atoms with E-state index in [9.17, 15) is 19.2 Å². The minimum absolute atomic E-state index is 0.261. The van der Waals surface area contributed by atoms with Gasteiger partial charge in [0.15, 0.2) is 0 Å². The number of aromatic nitrogens is 2. The molecule has 0 aliphatic heterocycles. The van der Waals surface area contributed by atoms with Crippen molar-refractivity contribution in [1.29, 1.82) is 0 Å². The van der Waals surface area contributed by atoms with Crippen LogP contribution in [0.4, 0.5) is 5.69 Å². The number of nitrogens with one attached hydrogen (secondary N) is 3. The van der Waals surface area contributed by atoms with Gasteiger partial charge >= 0.3 is 11.1 Å². The molecule has 0 spiro atoms. The van der Waals surface area contributed by atoms with Crippen molar-refractivity contribution in [2.75, 3.05) is 12.4 Å². The average molecular weight is 291 g/mol. The number of aromatic amines is 2. The minimum Gasteiger partial charge on any atom is -0.494 e. The summed E-state index contributed by atoms with van der Waals surface area (Å²) in [7, 11) is 1.39. The molecule has 1 aromatic carbocycles. The first-order valence-electron chi connectivity index (χ1n) is 6.04. The largest absolute Gasteiger partial charge is 0.494 e. The van der Waals surface area contributed by atoms with Gasteiger partial charge in [0.05, 0.1) is 30.3 Å². The Balaban J connectivity index is 2.49. The fourth-order valence-corrected chi connectivity index (χ4v) is 1.83. The van der Waals surface area contributed by atoms with Gasteiger partial charge in [0.2, 0.25) is 5.91 Å². The number of benzene rings is 1. The number of fused-ring (bicyclic) bond motifs is 1. The Kier molecular flexibility index (Phi) is 3.88. The van der Waals surface area contributed by atoms with Crippen LogP contribution in [-0.4, -0.2) is 28.8 Å².